The number of aryl methyl sites for hydroxylation is 3. The maximum atomic E-state index is 13.2. The zero-order chi connectivity index (χ0) is 23.5. The molecule has 1 aliphatic heterocycles. The highest BCUT2D eigenvalue weighted by Gasteiger charge is 2.32. The van der Waals surface area contributed by atoms with Crippen LogP contribution < -0.4 is 14.8 Å². The van der Waals surface area contributed by atoms with Gasteiger partial charge in [-0.05, 0) is 49.6 Å². The molecular formula is C23H31N3O5S. The lowest BCUT2D eigenvalue weighted by Crippen LogP contribution is -2.53. The van der Waals surface area contributed by atoms with Gasteiger partial charge in [0.05, 0.1) is 14.2 Å². The van der Waals surface area contributed by atoms with Crippen molar-refractivity contribution in [3.05, 3.63) is 52.6 Å². The Morgan fingerprint density at radius 1 is 0.969 bits per heavy atom. The van der Waals surface area contributed by atoms with Crippen LogP contribution in [0.2, 0.25) is 0 Å². The molecule has 1 saturated heterocycles. The summed E-state index contributed by atoms with van der Waals surface area (Å²) in [6.45, 7) is 7.60. The highest BCUT2D eigenvalue weighted by atomic mass is 32.2. The van der Waals surface area contributed by atoms with Crippen LogP contribution in [0.1, 0.15) is 22.3 Å². The Morgan fingerprint density at radius 2 is 1.59 bits per heavy atom. The number of amides is 2. The van der Waals surface area contributed by atoms with Gasteiger partial charge in [-0.15, -0.1) is 0 Å². The van der Waals surface area contributed by atoms with Crippen LogP contribution in [0.4, 0.5) is 4.79 Å². The van der Waals surface area contributed by atoms with Gasteiger partial charge in [0.1, 0.15) is 16.4 Å². The number of hydrogen-bond acceptors (Lipinski definition) is 5. The Bertz CT molecular complexity index is 1070. The Kier molecular flexibility index (Phi) is 7.30. The molecular weight excluding hydrogens is 430 g/mol. The molecule has 2 amide bonds. The first-order valence-electron chi connectivity index (χ1n) is 10.5. The van der Waals surface area contributed by atoms with Crippen LogP contribution in [0.3, 0.4) is 0 Å². The number of nitrogens with one attached hydrogen (secondary N) is 1. The van der Waals surface area contributed by atoms with Crippen LogP contribution >= 0.6 is 0 Å². The van der Waals surface area contributed by atoms with Crippen molar-refractivity contribution < 1.29 is 22.7 Å². The Morgan fingerprint density at radius 3 is 2.16 bits per heavy atom. The molecule has 2 aromatic rings. The van der Waals surface area contributed by atoms with Gasteiger partial charge in [-0.1, -0.05) is 17.7 Å². The predicted molar refractivity (Wildman–Crippen MR) is 123 cm³/mol. The molecule has 0 aliphatic carbocycles. The second kappa shape index (κ2) is 9.79. The van der Waals surface area contributed by atoms with Gasteiger partial charge in [0.25, 0.3) is 0 Å². The number of sulfonamides is 1. The standard InChI is InChI=1S/C23H31N3O5S/c1-16-12-17(2)20(18(3)13-16)15-24-23(27)25-8-10-26(11-9-25)32(28,29)22-14-19(30-4)6-7-21(22)31-5/h6-7,12-14H,8-11,15H2,1-5H3,(H,24,27). The van der Waals surface area contributed by atoms with Crippen molar-refractivity contribution in [1.82, 2.24) is 14.5 Å². The fraction of sp³-hybridized carbons (Fsp3) is 0.435. The molecule has 2 aromatic carbocycles. The predicted octanol–water partition coefficient (Wildman–Crippen LogP) is 2.85. The lowest BCUT2D eigenvalue weighted by Gasteiger charge is -2.34. The van der Waals surface area contributed by atoms with Gasteiger partial charge in [0, 0.05) is 38.8 Å². The first-order valence-corrected chi connectivity index (χ1v) is 11.9. The molecule has 0 atom stereocenters. The molecule has 0 spiro atoms. The SMILES string of the molecule is COc1ccc(OC)c(S(=O)(=O)N2CCN(C(=O)NCc3c(C)cc(C)cc3C)CC2)c1. The van der Waals surface area contributed by atoms with Gasteiger partial charge < -0.3 is 19.7 Å². The number of carbonyl (C=O) groups is 1. The van der Waals surface area contributed by atoms with E-state index in [1.54, 1.807) is 17.0 Å². The largest absolute Gasteiger partial charge is 0.497 e. The molecule has 3 rings (SSSR count). The van der Waals surface area contributed by atoms with Crippen molar-refractivity contribution in [3.8, 4) is 11.5 Å². The van der Waals surface area contributed by atoms with Crippen molar-refractivity contribution in [3.63, 3.8) is 0 Å². The molecule has 0 unspecified atom stereocenters. The van der Waals surface area contributed by atoms with Crippen molar-refractivity contribution in [2.75, 3.05) is 40.4 Å². The first kappa shape index (κ1) is 23.9. The molecule has 1 N–H and O–H groups in total. The van der Waals surface area contributed by atoms with E-state index in [0.717, 1.165) is 16.7 Å². The number of hydrogen-bond donors (Lipinski definition) is 1. The van der Waals surface area contributed by atoms with Gasteiger partial charge in [0.15, 0.2) is 0 Å². The van der Waals surface area contributed by atoms with Crippen molar-refractivity contribution in [2.45, 2.75) is 32.2 Å². The fourth-order valence-corrected chi connectivity index (χ4v) is 5.61. The highest BCUT2D eigenvalue weighted by Crippen LogP contribution is 2.31. The number of nitrogens with zero attached hydrogens (tertiary/aromatic N) is 2. The first-order chi connectivity index (χ1) is 15.2. The van der Waals surface area contributed by atoms with Gasteiger partial charge in [-0.2, -0.15) is 4.31 Å². The summed E-state index contributed by atoms with van der Waals surface area (Å²) >= 11 is 0. The molecule has 9 heteroatoms. The van der Waals surface area contributed by atoms with Crippen molar-refractivity contribution in [2.24, 2.45) is 0 Å². The number of methoxy groups -OCH3 is 2. The zero-order valence-corrected chi connectivity index (χ0v) is 20.1. The van der Waals surface area contributed by atoms with Crippen LogP contribution in [0.25, 0.3) is 0 Å². The molecule has 0 saturated carbocycles. The highest BCUT2D eigenvalue weighted by molar-refractivity contribution is 7.89. The average Bonchev–Trinajstić information content (AvgIpc) is 2.77. The Hall–Kier alpha value is -2.78. The molecule has 0 bridgehead atoms. The number of piperazine rings is 1. The number of rotatable bonds is 6. The summed E-state index contributed by atoms with van der Waals surface area (Å²) in [5.74, 6) is 0.693. The summed E-state index contributed by atoms with van der Waals surface area (Å²) in [5, 5.41) is 2.97. The lowest BCUT2D eigenvalue weighted by molar-refractivity contribution is 0.172. The molecule has 0 aromatic heterocycles. The van der Waals surface area contributed by atoms with E-state index in [2.05, 4.69) is 24.4 Å². The molecule has 1 fully saturated rings. The second-order valence-corrected chi connectivity index (χ2v) is 9.85. The normalized spacial score (nSPS) is 14.8. The monoisotopic (exact) mass is 461 g/mol. The number of benzene rings is 2. The van der Waals surface area contributed by atoms with Crippen LogP contribution in [0, 0.1) is 20.8 Å². The van der Waals surface area contributed by atoms with Gasteiger partial charge in [0.2, 0.25) is 10.0 Å². The van der Waals surface area contributed by atoms with E-state index in [1.807, 2.05) is 13.8 Å². The lowest BCUT2D eigenvalue weighted by atomic mass is 10.00. The third kappa shape index (κ3) is 4.99. The molecule has 8 nitrogen and oxygen atoms in total. The van der Waals surface area contributed by atoms with E-state index in [1.165, 1.54) is 30.2 Å². The van der Waals surface area contributed by atoms with E-state index in [0.29, 0.717) is 25.4 Å². The van der Waals surface area contributed by atoms with E-state index >= 15 is 0 Å². The number of ether oxygens (including phenoxy) is 2. The Balaban J connectivity index is 1.64. The topological polar surface area (TPSA) is 88.2 Å². The van der Waals surface area contributed by atoms with Gasteiger partial charge >= 0.3 is 6.03 Å². The summed E-state index contributed by atoms with van der Waals surface area (Å²) in [5.41, 5.74) is 4.59. The summed E-state index contributed by atoms with van der Waals surface area (Å²) in [7, 11) is -0.875. The second-order valence-electron chi connectivity index (χ2n) is 7.94. The Labute approximate surface area is 190 Å². The van der Waals surface area contributed by atoms with E-state index in [9.17, 15) is 13.2 Å². The summed E-state index contributed by atoms with van der Waals surface area (Å²) in [6.07, 6.45) is 0. The molecule has 174 valence electrons. The molecule has 32 heavy (non-hydrogen) atoms. The smallest absolute Gasteiger partial charge is 0.317 e. The van der Waals surface area contributed by atoms with Gasteiger partial charge in [-0.3, -0.25) is 0 Å². The third-order valence-electron chi connectivity index (χ3n) is 5.77. The third-order valence-corrected chi connectivity index (χ3v) is 7.69. The minimum atomic E-state index is -3.79. The molecule has 1 heterocycles. The quantitative estimate of drug-likeness (QED) is 0.715. The van der Waals surface area contributed by atoms with Crippen LogP contribution in [-0.2, 0) is 16.6 Å². The number of carbonyl (C=O) groups excluding carboxylic acids is 1. The van der Waals surface area contributed by atoms with Crippen LogP contribution in [0.5, 0.6) is 11.5 Å². The number of urea groups is 1. The molecule has 1 aliphatic rings. The maximum Gasteiger partial charge on any atom is 0.317 e. The summed E-state index contributed by atoms with van der Waals surface area (Å²) < 4.78 is 38.2. The van der Waals surface area contributed by atoms with Crippen LogP contribution in [-0.4, -0.2) is 64.1 Å². The average molecular weight is 462 g/mol. The van der Waals surface area contributed by atoms with Crippen LogP contribution in [0.15, 0.2) is 35.2 Å². The minimum absolute atomic E-state index is 0.0579. The zero-order valence-electron chi connectivity index (χ0n) is 19.3. The summed E-state index contributed by atoms with van der Waals surface area (Å²) in [6, 6.07) is 8.69. The fourth-order valence-electron chi connectivity index (χ4n) is 4.02. The van der Waals surface area contributed by atoms with E-state index in [-0.39, 0.29) is 29.8 Å². The maximum absolute atomic E-state index is 13.2. The minimum Gasteiger partial charge on any atom is -0.497 e. The van der Waals surface area contributed by atoms with E-state index in [4.69, 9.17) is 9.47 Å². The van der Waals surface area contributed by atoms with Gasteiger partial charge in [-0.25, -0.2) is 13.2 Å². The summed E-state index contributed by atoms with van der Waals surface area (Å²) in [4.78, 5) is 14.4. The van der Waals surface area contributed by atoms with Crippen molar-refractivity contribution in [1.29, 1.82) is 0 Å². The van der Waals surface area contributed by atoms with E-state index < -0.39 is 10.0 Å². The van der Waals surface area contributed by atoms with Crippen molar-refractivity contribution >= 4 is 16.1 Å². The molecule has 0 radical (unpaired) electrons.